The second-order valence-electron chi connectivity index (χ2n) is 3.33. The lowest BCUT2D eigenvalue weighted by Crippen LogP contribution is -2.18. The molecule has 1 aliphatic heterocycles. The number of hydrogen-bond acceptors (Lipinski definition) is 2. The lowest BCUT2D eigenvalue weighted by molar-refractivity contribution is 0.195. The first-order chi connectivity index (χ1) is 6.75. The first-order valence-corrected chi connectivity index (χ1v) is 5.72. The Morgan fingerprint density at radius 2 is 2.36 bits per heavy atom. The fourth-order valence-electron chi connectivity index (χ4n) is 1.47. The van der Waals surface area contributed by atoms with Crippen LogP contribution in [0.3, 0.4) is 0 Å². The van der Waals surface area contributed by atoms with E-state index < -0.39 is 0 Å². The van der Waals surface area contributed by atoms with Crippen LogP contribution < -0.4 is 5.32 Å². The van der Waals surface area contributed by atoms with Crippen LogP contribution in [0.25, 0.3) is 0 Å². The molecule has 1 aliphatic rings. The molecule has 0 bridgehead atoms. The van der Waals surface area contributed by atoms with Crippen molar-refractivity contribution in [3.63, 3.8) is 0 Å². The van der Waals surface area contributed by atoms with E-state index in [1.165, 1.54) is 0 Å². The molecule has 0 amide bonds. The van der Waals surface area contributed by atoms with Crippen LogP contribution in [0.15, 0.2) is 22.7 Å². The summed E-state index contributed by atoms with van der Waals surface area (Å²) in [4.78, 5) is 0. The van der Waals surface area contributed by atoms with Crippen molar-refractivity contribution < 1.29 is 4.74 Å². The molecule has 4 heteroatoms. The Morgan fingerprint density at radius 1 is 1.50 bits per heavy atom. The van der Waals surface area contributed by atoms with Gasteiger partial charge >= 0.3 is 0 Å². The van der Waals surface area contributed by atoms with Crippen LogP contribution in [0.4, 0.5) is 5.69 Å². The molecule has 1 atom stereocenters. The summed E-state index contributed by atoms with van der Waals surface area (Å²) < 4.78 is 6.27. The van der Waals surface area contributed by atoms with Gasteiger partial charge in [0.15, 0.2) is 0 Å². The second kappa shape index (κ2) is 4.51. The van der Waals surface area contributed by atoms with Crippen molar-refractivity contribution in [2.75, 3.05) is 18.5 Å². The van der Waals surface area contributed by atoms with E-state index in [4.69, 9.17) is 16.3 Å². The molecule has 2 rings (SSSR count). The van der Waals surface area contributed by atoms with Crippen molar-refractivity contribution >= 4 is 33.2 Å². The number of halogens is 2. The number of benzene rings is 1. The van der Waals surface area contributed by atoms with E-state index in [0.717, 1.165) is 34.8 Å². The van der Waals surface area contributed by atoms with Gasteiger partial charge in [-0.25, -0.2) is 0 Å². The fraction of sp³-hybridized carbons (Fsp3) is 0.400. The summed E-state index contributed by atoms with van der Waals surface area (Å²) in [6, 6.07) is 6.24. The highest BCUT2D eigenvalue weighted by atomic mass is 79.9. The van der Waals surface area contributed by atoms with Crippen molar-refractivity contribution in [2.24, 2.45) is 0 Å². The van der Waals surface area contributed by atoms with Crippen molar-refractivity contribution in [2.45, 2.75) is 12.5 Å². The van der Waals surface area contributed by atoms with E-state index in [-0.39, 0.29) is 0 Å². The molecule has 1 N–H and O–H groups in total. The van der Waals surface area contributed by atoms with Crippen LogP contribution in [0.5, 0.6) is 0 Å². The van der Waals surface area contributed by atoms with Crippen molar-refractivity contribution in [3.8, 4) is 0 Å². The highest BCUT2D eigenvalue weighted by Crippen LogP contribution is 2.27. The van der Waals surface area contributed by atoms with Crippen LogP contribution in [0.1, 0.15) is 6.42 Å². The highest BCUT2D eigenvalue weighted by Gasteiger charge is 2.15. The van der Waals surface area contributed by atoms with E-state index >= 15 is 0 Å². The monoisotopic (exact) mass is 275 g/mol. The minimum Gasteiger partial charge on any atom is -0.379 e. The van der Waals surface area contributed by atoms with Gasteiger partial charge in [0.25, 0.3) is 0 Å². The maximum absolute atomic E-state index is 6.07. The molecule has 76 valence electrons. The SMILES string of the molecule is Clc1cc(Br)ccc1NC1CCOC1. The molecule has 14 heavy (non-hydrogen) atoms. The summed E-state index contributed by atoms with van der Waals surface area (Å²) in [6.45, 7) is 1.61. The van der Waals surface area contributed by atoms with Crippen molar-refractivity contribution in [1.29, 1.82) is 0 Å². The summed E-state index contributed by atoms with van der Waals surface area (Å²) in [7, 11) is 0. The number of hydrogen-bond donors (Lipinski definition) is 1. The lowest BCUT2D eigenvalue weighted by Gasteiger charge is -2.13. The van der Waals surface area contributed by atoms with Gasteiger partial charge in [0, 0.05) is 11.1 Å². The highest BCUT2D eigenvalue weighted by molar-refractivity contribution is 9.10. The van der Waals surface area contributed by atoms with Crippen LogP contribution in [-0.2, 0) is 4.74 Å². The molecule has 0 radical (unpaired) electrons. The Hall–Kier alpha value is -0.250. The summed E-state index contributed by atoms with van der Waals surface area (Å²) in [5, 5.41) is 4.10. The zero-order valence-corrected chi connectivity index (χ0v) is 9.94. The topological polar surface area (TPSA) is 21.3 Å². The molecule has 0 aromatic heterocycles. The average Bonchev–Trinajstić information content (AvgIpc) is 2.62. The van der Waals surface area contributed by atoms with Crippen LogP contribution in [0.2, 0.25) is 5.02 Å². The van der Waals surface area contributed by atoms with Gasteiger partial charge in [-0.05, 0) is 24.6 Å². The van der Waals surface area contributed by atoms with Crippen LogP contribution >= 0.6 is 27.5 Å². The van der Waals surface area contributed by atoms with Gasteiger partial charge in [0.05, 0.1) is 23.4 Å². The minimum atomic E-state index is 0.397. The first-order valence-electron chi connectivity index (χ1n) is 4.55. The number of ether oxygens (including phenoxy) is 1. The molecule has 1 aromatic rings. The average molecular weight is 277 g/mol. The predicted octanol–water partition coefficient (Wildman–Crippen LogP) is 3.30. The van der Waals surface area contributed by atoms with E-state index in [1.807, 2.05) is 18.2 Å². The Balaban J connectivity index is 2.08. The maximum atomic E-state index is 6.07. The zero-order valence-electron chi connectivity index (χ0n) is 7.59. The van der Waals surface area contributed by atoms with Crippen molar-refractivity contribution in [1.82, 2.24) is 0 Å². The molecule has 1 aromatic carbocycles. The number of rotatable bonds is 2. The molecular formula is C10H11BrClNO. The Bertz CT molecular complexity index is 326. The van der Waals surface area contributed by atoms with Gasteiger partial charge in [0.1, 0.15) is 0 Å². The molecule has 0 spiro atoms. The summed E-state index contributed by atoms with van der Waals surface area (Å²) in [5.74, 6) is 0. The van der Waals surface area contributed by atoms with Gasteiger partial charge in [-0.15, -0.1) is 0 Å². The number of nitrogens with one attached hydrogen (secondary N) is 1. The van der Waals surface area contributed by atoms with E-state index in [0.29, 0.717) is 6.04 Å². The first kappa shape index (κ1) is 10.3. The second-order valence-corrected chi connectivity index (χ2v) is 4.65. The van der Waals surface area contributed by atoms with E-state index in [2.05, 4.69) is 21.2 Å². The standard InChI is InChI=1S/C10H11BrClNO/c11-7-1-2-10(9(12)5-7)13-8-3-4-14-6-8/h1-2,5,8,13H,3-4,6H2. The lowest BCUT2D eigenvalue weighted by atomic mass is 10.2. The molecule has 1 saturated heterocycles. The Labute approximate surface area is 96.7 Å². The largest absolute Gasteiger partial charge is 0.379 e. The molecule has 1 unspecified atom stereocenters. The molecule has 1 heterocycles. The van der Waals surface area contributed by atoms with Gasteiger partial charge in [-0.3, -0.25) is 0 Å². The quantitative estimate of drug-likeness (QED) is 0.895. The maximum Gasteiger partial charge on any atom is 0.0668 e. The third-order valence-electron chi connectivity index (χ3n) is 2.22. The molecule has 0 saturated carbocycles. The molecule has 1 fully saturated rings. The zero-order chi connectivity index (χ0) is 9.97. The van der Waals surface area contributed by atoms with Gasteiger partial charge in [-0.2, -0.15) is 0 Å². The summed E-state index contributed by atoms with van der Waals surface area (Å²) >= 11 is 9.45. The van der Waals surface area contributed by atoms with Gasteiger partial charge < -0.3 is 10.1 Å². The fourth-order valence-corrected chi connectivity index (χ4v) is 2.20. The molecular weight excluding hydrogens is 265 g/mol. The van der Waals surface area contributed by atoms with Gasteiger partial charge in [0.2, 0.25) is 0 Å². The van der Waals surface area contributed by atoms with Gasteiger partial charge in [-0.1, -0.05) is 27.5 Å². The smallest absolute Gasteiger partial charge is 0.0668 e. The molecule has 2 nitrogen and oxygen atoms in total. The molecule has 0 aliphatic carbocycles. The number of anilines is 1. The minimum absolute atomic E-state index is 0.397. The van der Waals surface area contributed by atoms with E-state index in [1.54, 1.807) is 0 Å². The Morgan fingerprint density at radius 3 is 3.00 bits per heavy atom. The van der Waals surface area contributed by atoms with Crippen LogP contribution in [-0.4, -0.2) is 19.3 Å². The van der Waals surface area contributed by atoms with E-state index in [9.17, 15) is 0 Å². The normalized spacial score (nSPS) is 21.1. The Kier molecular flexibility index (Phi) is 3.31. The third-order valence-corrected chi connectivity index (χ3v) is 3.03. The van der Waals surface area contributed by atoms with Crippen molar-refractivity contribution in [3.05, 3.63) is 27.7 Å². The summed E-state index contributed by atoms with van der Waals surface area (Å²) in [5.41, 5.74) is 0.977. The summed E-state index contributed by atoms with van der Waals surface area (Å²) in [6.07, 6.45) is 1.05. The predicted molar refractivity (Wildman–Crippen MR) is 62.0 cm³/mol. The third kappa shape index (κ3) is 2.41. The van der Waals surface area contributed by atoms with Crippen LogP contribution in [0, 0.1) is 0 Å².